The fourth-order valence-electron chi connectivity index (χ4n) is 1.69. The van der Waals surface area contributed by atoms with Gasteiger partial charge in [-0.3, -0.25) is 4.79 Å². The lowest BCUT2D eigenvalue weighted by atomic mass is 10.0. The molecule has 0 radical (unpaired) electrons. The second kappa shape index (κ2) is 4.33. The molecule has 3 nitrogen and oxygen atoms in total. The van der Waals surface area contributed by atoms with Crippen LogP contribution in [-0.4, -0.2) is 19.1 Å². The number of morpholine rings is 1. The number of nitrogens with one attached hydrogen (secondary N) is 1. The first kappa shape index (κ1) is 10.6. The molecule has 0 spiro atoms. The lowest BCUT2D eigenvalue weighted by molar-refractivity contribution is -0.133. The minimum Gasteiger partial charge on any atom is -0.362 e. The van der Waals surface area contributed by atoms with Gasteiger partial charge in [-0.15, -0.1) is 0 Å². The molecule has 1 aliphatic heterocycles. The SMILES string of the molecule is Cc1cc(Br)ccc1[C@@H]1CNC(=O)CO1. The molecular formula is C11H12BrNO2. The zero-order valence-electron chi connectivity index (χ0n) is 8.42. The maximum absolute atomic E-state index is 10.9. The smallest absolute Gasteiger partial charge is 0.246 e. The van der Waals surface area contributed by atoms with Gasteiger partial charge in [0.1, 0.15) is 12.7 Å². The van der Waals surface area contributed by atoms with E-state index in [0.717, 1.165) is 10.0 Å². The van der Waals surface area contributed by atoms with E-state index in [1.807, 2.05) is 19.1 Å². The van der Waals surface area contributed by atoms with Gasteiger partial charge in [0.15, 0.2) is 0 Å². The van der Waals surface area contributed by atoms with Crippen LogP contribution in [0, 0.1) is 6.92 Å². The van der Waals surface area contributed by atoms with Crippen molar-refractivity contribution in [2.24, 2.45) is 0 Å². The molecule has 1 aromatic rings. The third-order valence-electron chi connectivity index (χ3n) is 2.48. The topological polar surface area (TPSA) is 38.3 Å². The largest absolute Gasteiger partial charge is 0.362 e. The summed E-state index contributed by atoms with van der Waals surface area (Å²) in [6.07, 6.45) is -0.0178. The minimum absolute atomic E-state index is 0.0178. The zero-order chi connectivity index (χ0) is 10.8. The number of aryl methyl sites for hydroxylation is 1. The van der Waals surface area contributed by atoms with Gasteiger partial charge in [0.25, 0.3) is 0 Å². The number of carbonyl (C=O) groups excluding carboxylic acids is 1. The summed E-state index contributed by atoms with van der Waals surface area (Å²) in [6.45, 7) is 2.75. The predicted molar refractivity (Wildman–Crippen MR) is 60.6 cm³/mol. The Labute approximate surface area is 96.9 Å². The monoisotopic (exact) mass is 269 g/mol. The molecule has 4 heteroatoms. The van der Waals surface area contributed by atoms with Crippen LogP contribution in [0.15, 0.2) is 22.7 Å². The van der Waals surface area contributed by atoms with Crippen LogP contribution in [0.2, 0.25) is 0 Å². The standard InChI is InChI=1S/C11H12BrNO2/c1-7-4-8(12)2-3-9(7)10-5-13-11(14)6-15-10/h2-4,10H,5-6H2,1H3,(H,13,14)/t10-/m0/s1. The quantitative estimate of drug-likeness (QED) is 0.847. The van der Waals surface area contributed by atoms with Crippen LogP contribution in [0.4, 0.5) is 0 Å². The maximum atomic E-state index is 10.9. The van der Waals surface area contributed by atoms with E-state index < -0.39 is 0 Å². The van der Waals surface area contributed by atoms with Gasteiger partial charge in [0.2, 0.25) is 5.91 Å². The molecule has 1 fully saturated rings. The molecule has 0 aromatic heterocycles. The highest BCUT2D eigenvalue weighted by molar-refractivity contribution is 9.10. The maximum Gasteiger partial charge on any atom is 0.246 e. The summed E-state index contributed by atoms with van der Waals surface area (Å²) in [5.74, 6) is -0.0407. The van der Waals surface area contributed by atoms with Crippen molar-refractivity contribution in [2.75, 3.05) is 13.2 Å². The van der Waals surface area contributed by atoms with Crippen molar-refractivity contribution in [3.8, 4) is 0 Å². The molecule has 1 aliphatic rings. The van der Waals surface area contributed by atoms with Crippen molar-refractivity contribution in [3.05, 3.63) is 33.8 Å². The Hall–Kier alpha value is -0.870. The van der Waals surface area contributed by atoms with Crippen molar-refractivity contribution in [1.82, 2.24) is 5.32 Å². The van der Waals surface area contributed by atoms with E-state index in [1.54, 1.807) is 0 Å². The number of ether oxygens (including phenoxy) is 1. The molecule has 2 rings (SSSR count). The average molecular weight is 270 g/mol. The Morgan fingerprint density at radius 3 is 2.93 bits per heavy atom. The third kappa shape index (κ3) is 2.38. The van der Waals surface area contributed by atoms with Crippen LogP contribution in [-0.2, 0) is 9.53 Å². The Balaban J connectivity index is 2.19. The Bertz CT molecular complexity index is 382. The first-order valence-corrected chi connectivity index (χ1v) is 5.60. The zero-order valence-corrected chi connectivity index (χ0v) is 10.0. The first-order chi connectivity index (χ1) is 7.16. The molecule has 1 amide bonds. The van der Waals surface area contributed by atoms with E-state index in [9.17, 15) is 4.79 Å². The van der Waals surface area contributed by atoms with E-state index in [1.165, 1.54) is 5.56 Å². The molecule has 15 heavy (non-hydrogen) atoms. The van der Waals surface area contributed by atoms with E-state index in [-0.39, 0.29) is 18.6 Å². The average Bonchev–Trinajstić information content (AvgIpc) is 2.20. The van der Waals surface area contributed by atoms with Crippen LogP contribution < -0.4 is 5.32 Å². The van der Waals surface area contributed by atoms with Crippen LogP contribution in [0.25, 0.3) is 0 Å². The van der Waals surface area contributed by atoms with Crippen molar-refractivity contribution in [2.45, 2.75) is 13.0 Å². The van der Waals surface area contributed by atoms with E-state index in [2.05, 4.69) is 27.3 Å². The lowest BCUT2D eigenvalue weighted by Crippen LogP contribution is -2.38. The van der Waals surface area contributed by atoms with Crippen molar-refractivity contribution in [1.29, 1.82) is 0 Å². The van der Waals surface area contributed by atoms with Gasteiger partial charge in [0.05, 0.1) is 0 Å². The molecule has 80 valence electrons. The Morgan fingerprint density at radius 2 is 2.33 bits per heavy atom. The normalized spacial score (nSPS) is 21.2. The van der Waals surface area contributed by atoms with Gasteiger partial charge in [-0.2, -0.15) is 0 Å². The van der Waals surface area contributed by atoms with Gasteiger partial charge in [-0.05, 0) is 30.2 Å². The van der Waals surface area contributed by atoms with Gasteiger partial charge < -0.3 is 10.1 Å². The number of hydrogen-bond donors (Lipinski definition) is 1. The molecule has 1 N–H and O–H groups in total. The molecule has 1 atom stereocenters. The van der Waals surface area contributed by atoms with Crippen LogP contribution >= 0.6 is 15.9 Å². The van der Waals surface area contributed by atoms with E-state index in [4.69, 9.17) is 4.74 Å². The van der Waals surface area contributed by atoms with Gasteiger partial charge in [-0.1, -0.05) is 22.0 Å². The molecule has 0 saturated carbocycles. The fourth-order valence-corrected chi connectivity index (χ4v) is 2.17. The number of halogens is 1. The molecule has 0 unspecified atom stereocenters. The van der Waals surface area contributed by atoms with Crippen LogP contribution in [0.1, 0.15) is 17.2 Å². The van der Waals surface area contributed by atoms with Gasteiger partial charge >= 0.3 is 0 Å². The molecule has 0 bridgehead atoms. The molecule has 1 heterocycles. The number of benzene rings is 1. The number of amides is 1. The summed E-state index contributed by atoms with van der Waals surface area (Å²) in [5.41, 5.74) is 2.31. The lowest BCUT2D eigenvalue weighted by Gasteiger charge is -2.24. The minimum atomic E-state index is -0.0407. The highest BCUT2D eigenvalue weighted by Crippen LogP contribution is 2.24. The summed E-state index contributed by atoms with van der Waals surface area (Å²) in [4.78, 5) is 10.9. The van der Waals surface area contributed by atoms with Gasteiger partial charge in [-0.25, -0.2) is 0 Å². The number of hydrogen-bond acceptors (Lipinski definition) is 2. The summed E-state index contributed by atoms with van der Waals surface area (Å²) in [5, 5.41) is 2.80. The summed E-state index contributed by atoms with van der Waals surface area (Å²) in [6, 6.07) is 6.07. The fraction of sp³-hybridized carbons (Fsp3) is 0.364. The third-order valence-corrected chi connectivity index (χ3v) is 2.97. The van der Waals surface area contributed by atoms with E-state index in [0.29, 0.717) is 6.54 Å². The Kier molecular flexibility index (Phi) is 3.07. The number of rotatable bonds is 1. The van der Waals surface area contributed by atoms with E-state index >= 15 is 0 Å². The molecule has 1 saturated heterocycles. The second-order valence-corrected chi connectivity index (χ2v) is 4.52. The number of carbonyl (C=O) groups is 1. The summed E-state index contributed by atoms with van der Waals surface area (Å²) >= 11 is 3.42. The second-order valence-electron chi connectivity index (χ2n) is 3.60. The highest BCUT2D eigenvalue weighted by atomic mass is 79.9. The summed E-state index contributed by atoms with van der Waals surface area (Å²) in [7, 11) is 0. The highest BCUT2D eigenvalue weighted by Gasteiger charge is 2.21. The van der Waals surface area contributed by atoms with Gasteiger partial charge in [0, 0.05) is 11.0 Å². The van der Waals surface area contributed by atoms with Crippen LogP contribution in [0.3, 0.4) is 0 Å². The molecular weight excluding hydrogens is 258 g/mol. The summed E-state index contributed by atoms with van der Waals surface area (Å²) < 4.78 is 6.53. The predicted octanol–water partition coefficient (Wildman–Crippen LogP) is 1.95. The Morgan fingerprint density at radius 1 is 1.53 bits per heavy atom. The van der Waals surface area contributed by atoms with Crippen molar-refractivity contribution in [3.63, 3.8) is 0 Å². The van der Waals surface area contributed by atoms with Crippen molar-refractivity contribution >= 4 is 21.8 Å². The molecule has 1 aromatic carbocycles. The first-order valence-electron chi connectivity index (χ1n) is 4.81. The molecule has 0 aliphatic carbocycles. The van der Waals surface area contributed by atoms with Crippen molar-refractivity contribution < 1.29 is 9.53 Å². The van der Waals surface area contributed by atoms with Crippen LogP contribution in [0.5, 0.6) is 0 Å².